The number of aromatic nitrogens is 3. The molecule has 0 spiro atoms. The number of fused-ring (bicyclic) bond motifs is 1. The molecule has 0 unspecified atom stereocenters. The van der Waals surface area contributed by atoms with Crippen LogP contribution in [0.4, 0.5) is 17.5 Å². The number of para-hydroxylation sites is 1. The predicted molar refractivity (Wildman–Crippen MR) is 108 cm³/mol. The van der Waals surface area contributed by atoms with Crippen LogP contribution in [0.5, 0.6) is 11.5 Å². The van der Waals surface area contributed by atoms with Crippen molar-refractivity contribution in [1.29, 1.82) is 0 Å². The lowest BCUT2D eigenvalue weighted by Gasteiger charge is -2.16. The van der Waals surface area contributed by atoms with Gasteiger partial charge in [-0.1, -0.05) is 38.1 Å². The summed E-state index contributed by atoms with van der Waals surface area (Å²) in [7, 11) is 0. The van der Waals surface area contributed by atoms with Gasteiger partial charge in [-0.15, -0.1) is 5.10 Å². The Kier molecular flexibility index (Phi) is 4.97. The minimum Gasteiger partial charge on any atom is -0.454 e. The van der Waals surface area contributed by atoms with E-state index >= 15 is 0 Å². The molecule has 0 bridgehead atoms. The number of ether oxygens (including phenoxy) is 2. The van der Waals surface area contributed by atoms with Gasteiger partial charge >= 0.3 is 0 Å². The maximum absolute atomic E-state index is 5.41. The topological polar surface area (TPSA) is 81.2 Å². The molecule has 144 valence electrons. The van der Waals surface area contributed by atoms with Crippen molar-refractivity contribution in [1.82, 2.24) is 15.2 Å². The first-order valence-electron chi connectivity index (χ1n) is 9.29. The van der Waals surface area contributed by atoms with Gasteiger partial charge in [0.15, 0.2) is 17.3 Å². The number of hydrogen-bond donors (Lipinski definition) is 2. The smallest absolute Gasteiger partial charge is 0.244 e. The highest BCUT2D eigenvalue weighted by molar-refractivity contribution is 5.65. The van der Waals surface area contributed by atoms with E-state index in [-0.39, 0.29) is 6.79 Å². The molecule has 1 aliphatic heterocycles. The van der Waals surface area contributed by atoms with Gasteiger partial charge in [0.05, 0.1) is 6.20 Å². The van der Waals surface area contributed by atoms with E-state index in [1.54, 1.807) is 6.20 Å². The summed E-state index contributed by atoms with van der Waals surface area (Å²) in [4.78, 5) is 4.55. The number of benzene rings is 2. The van der Waals surface area contributed by atoms with Gasteiger partial charge < -0.3 is 20.1 Å². The largest absolute Gasteiger partial charge is 0.454 e. The lowest BCUT2D eigenvalue weighted by Crippen LogP contribution is -2.07. The molecular weight excluding hydrogens is 354 g/mol. The maximum Gasteiger partial charge on any atom is 0.244 e. The minimum atomic E-state index is 0.268. The van der Waals surface area contributed by atoms with Gasteiger partial charge in [-0.05, 0) is 41.7 Å². The normalized spacial score (nSPS) is 12.3. The summed E-state index contributed by atoms with van der Waals surface area (Å²) < 4.78 is 10.8. The first kappa shape index (κ1) is 18.0. The van der Waals surface area contributed by atoms with Crippen molar-refractivity contribution in [2.45, 2.75) is 33.2 Å². The Hall–Kier alpha value is -3.35. The van der Waals surface area contributed by atoms with E-state index in [4.69, 9.17) is 9.47 Å². The predicted octanol–water partition coefficient (Wildman–Crippen LogP) is 4.39. The molecule has 0 aliphatic carbocycles. The molecule has 0 fully saturated rings. The molecular formula is C21H23N5O2. The molecule has 3 aromatic rings. The van der Waals surface area contributed by atoms with Crippen molar-refractivity contribution in [3.63, 3.8) is 0 Å². The van der Waals surface area contributed by atoms with Crippen LogP contribution in [0.25, 0.3) is 0 Å². The third-order valence-corrected chi connectivity index (χ3v) is 4.63. The fraction of sp³-hybridized carbons (Fsp3) is 0.286. The van der Waals surface area contributed by atoms with Gasteiger partial charge in [0, 0.05) is 12.2 Å². The Morgan fingerprint density at radius 2 is 1.96 bits per heavy atom. The van der Waals surface area contributed by atoms with Crippen LogP contribution in [0.1, 0.15) is 36.5 Å². The Morgan fingerprint density at radius 3 is 2.82 bits per heavy atom. The van der Waals surface area contributed by atoms with Crippen LogP contribution < -0.4 is 20.1 Å². The van der Waals surface area contributed by atoms with Crippen molar-refractivity contribution in [2.75, 3.05) is 17.4 Å². The molecule has 0 amide bonds. The Balaban J connectivity index is 1.48. The number of nitrogens with zero attached hydrogens (tertiary/aromatic N) is 3. The Morgan fingerprint density at radius 1 is 1.11 bits per heavy atom. The third kappa shape index (κ3) is 3.83. The SMILES string of the molecule is Cc1cccc(C(C)C)c1Nc1cnnc(NCc2ccc3c(c2)OCO3)n1. The second-order valence-electron chi connectivity index (χ2n) is 7.03. The lowest BCUT2D eigenvalue weighted by atomic mass is 9.98. The van der Waals surface area contributed by atoms with Crippen molar-refractivity contribution < 1.29 is 9.47 Å². The van der Waals surface area contributed by atoms with E-state index in [0.29, 0.717) is 24.2 Å². The molecule has 2 heterocycles. The number of nitrogens with one attached hydrogen (secondary N) is 2. The molecule has 0 saturated heterocycles. The molecule has 1 aromatic heterocycles. The zero-order valence-corrected chi connectivity index (χ0v) is 16.2. The molecule has 0 radical (unpaired) electrons. The highest BCUT2D eigenvalue weighted by Gasteiger charge is 2.14. The summed E-state index contributed by atoms with van der Waals surface area (Å²) in [6, 6.07) is 12.1. The maximum atomic E-state index is 5.41. The number of rotatable bonds is 6. The van der Waals surface area contributed by atoms with Crippen LogP contribution in [0, 0.1) is 6.92 Å². The Labute approximate surface area is 164 Å². The minimum absolute atomic E-state index is 0.268. The summed E-state index contributed by atoms with van der Waals surface area (Å²) in [5.74, 6) is 3.05. The third-order valence-electron chi connectivity index (χ3n) is 4.63. The van der Waals surface area contributed by atoms with Crippen molar-refractivity contribution >= 4 is 17.5 Å². The molecule has 1 aliphatic rings. The van der Waals surface area contributed by atoms with E-state index in [0.717, 1.165) is 22.7 Å². The highest BCUT2D eigenvalue weighted by Crippen LogP contribution is 2.33. The van der Waals surface area contributed by atoms with Crippen molar-refractivity contribution in [2.24, 2.45) is 0 Å². The van der Waals surface area contributed by atoms with Crippen LogP contribution in [0.2, 0.25) is 0 Å². The lowest BCUT2D eigenvalue weighted by molar-refractivity contribution is 0.174. The monoisotopic (exact) mass is 377 g/mol. The van der Waals surface area contributed by atoms with Crippen LogP contribution in [-0.2, 0) is 6.54 Å². The molecule has 28 heavy (non-hydrogen) atoms. The van der Waals surface area contributed by atoms with E-state index in [1.165, 1.54) is 11.1 Å². The summed E-state index contributed by atoms with van der Waals surface area (Å²) >= 11 is 0. The summed E-state index contributed by atoms with van der Waals surface area (Å²) in [5.41, 5.74) is 4.53. The molecule has 0 saturated carbocycles. The van der Waals surface area contributed by atoms with Crippen LogP contribution >= 0.6 is 0 Å². The molecule has 7 heteroatoms. The molecule has 0 atom stereocenters. The summed E-state index contributed by atoms with van der Waals surface area (Å²) in [6.07, 6.45) is 1.63. The quantitative estimate of drug-likeness (QED) is 0.659. The van der Waals surface area contributed by atoms with E-state index < -0.39 is 0 Å². The molecule has 7 nitrogen and oxygen atoms in total. The van der Waals surface area contributed by atoms with E-state index in [1.807, 2.05) is 18.2 Å². The summed E-state index contributed by atoms with van der Waals surface area (Å²) in [6.45, 7) is 7.27. The van der Waals surface area contributed by atoms with Gasteiger partial charge in [0.25, 0.3) is 0 Å². The van der Waals surface area contributed by atoms with Crippen molar-refractivity contribution in [3.8, 4) is 11.5 Å². The second kappa shape index (κ2) is 7.72. The fourth-order valence-corrected chi connectivity index (χ4v) is 3.14. The first-order valence-corrected chi connectivity index (χ1v) is 9.29. The van der Waals surface area contributed by atoms with Gasteiger partial charge in [-0.25, -0.2) is 0 Å². The van der Waals surface area contributed by atoms with E-state index in [2.05, 4.69) is 64.8 Å². The van der Waals surface area contributed by atoms with Gasteiger partial charge in [0.2, 0.25) is 12.7 Å². The number of hydrogen-bond acceptors (Lipinski definition) is 7. The van der Waals surface area contributed by atoms with Gasteiger partial charge in [-0.3, -0.25) is 0 Å². The second-order valence-corrected chi connectivity index (χ2v) is 7.03. The van der Waals surface area contributed by atoms with Crippen molar-refractivity contribution in [3.05, 3.63) is 59.3 Å². The van der Waals surface area contributed by atoms with Crippen LogP contribution in [0.15, 0.2) is 42.6 Å². The molecule has 2 aromatic carbocycles. The summed E-state index contributed by atoms with van der Waals surface area (Å²) in [5, 5.41) is 14.8. The highest BCUT2D eigenvalue weighted by atomic mass is 16.7. The fourth-order valence-electron chi connectivity index (χ4n) is 3.14. The van der Waals surface area contributed by atoms with Gasteiger partial charge in [-0.2, -0.15) is 10.1 Å². The molecule has 4 rings (SSSR count). The average Bonchev–Trinajstić information content (AvgIpc) is 3.16. The number of anilines is 3. The number of aryl methyl sites for hydroxylation is 1. The molecule has 2 N–H and O–H groups in total. The van der Waals surface area contributed by atoms with Crippen LogP contribution in [-0.4, -0.2) is 22.0 Å². The van der Waals surface area contributed by atoms with E-state index in [9.17, 15) is 0 Å². The zero-order valence-electron chi connectivity index (χ0n) is 16.2. The zero-order chi connectivity index (χ0) is 19.5. The average molecular weight is 377 g/mol. The first-order chi connectivity index (χ1) is 13.6. The van der Waals surface area contributed by atoms with Gasteiger partial charge in [0.1, 0.15) is 0 Å². The Bertz CT molecular complexity index is 990. The van der Waals surface area contributed by atoms with Crippen LogP contribution in [0.3, 0.4) is 0 Å². The standard InChI is InChI=1S/C21H23N5O2/c1-13(2)16-6-4-5-14(3)20(16)24-19-11-23-26-21(25-19)22-10-15-7-8-17-18(9-15)28-12-27-17/h4-9,11,13H,10,12H2,1-3H3,(H2,22,24,25,26).